The smallest absolute Gasteiger partial charge is 0.291 e. The number of rotatable bonds is 5. The van der Waals surface area contributed by atoms with Crippen molar-refractivity contribution in [2.45, 2.75) is 25.8 Å². The normalized spacial score (nSPS) is 16.3. The minimum absolute atomic E-state index is 0.0308. The first-order valence-electron chi connectivity index (χ1n) is 10.2. The number of para-hydroxylation sites is 1. The van der Waals surface area contributed by atoms with Gasteiger partial charge in [0.1, 0.15) is 6.33 Å². The van der Waals surface area contributed by atoms with Gasteiger partial charge in [0.25, 0.3) is 5.91 Å². The molecule has 1 aliphatic heterocycles. The van der Waals surface area contributed by atoms with E-state index in [1.165, 1.54) is 0 Å². The molecule has 5 rings (SSSR count). The van der Waals surface area contributed by atoms with E-state index in [1.54, 1.807) is 11.0 Å². The van der Waals surface area contributed by atoms with Crippen LogP contribution in [0.5, 0.6) is 0 Å². The third-order valence-electron chi connectivity index (χ3n) is 5.45. The number of nitrogens with zero attached hydrogens (tertiary/aromatic N) is 6. The first-order valence-corrected chi connectivity index (χ1v) is 10.2. The van der Waals surface area contributed by atoms with Crippen molar-refractivity contribution >= 4 is 17.2 Å². The molecule has 1 aromatic carbocycles. The van der Waals surface area contributed by atoms with Crippen molar-refractivity contribution in [3.63, 3.8) is 0 Å². The Kier molecular flexibility index (Phi) is 4.66. The van der Waals surface area contributed by atoms with Crippen LogP contribution >= 0.6 is 0 Å². The Hall–Kier alpha value is -3.68. The van der Waals surface area contributed by atoms with Crippen LogP contribution in [0.25, 0.3) is 11.2 Å². The van der Waals surface area contributed by atoms with Gasteiger partial charge >= 0.3 is 0 Å². The monoisotopic (exact) mass is 401 g/mol. The van der Waals surface area contributed by atoms with Gasteiger partial charge in [-0.25, -0.2) is 14.6 Å². The van der Waals surface area contributed by atoms with Crippen molar-refractivity contribution < 1.29 is 4.79 Å². The quantitative estimate of drug-likeness (QED) is 0.556. The molecule has 0 bridgehead atoms. The minimum Gasteiger partial charge on any atom is -0.353 e. The van der Waals surface area contributed by atoms with Crippen molar-refractivity contribution in [1.29, 1.82) is 0 Å². The van der Waals surface area contributed by atoms with Crippen LogP contribution in [0.15, 0.2) is 61.2 Å². The molecule has 1 saturated heterocycles. The van der Waals surface area contributed by atoms with E-state index < -0.39 is 0 Å². The number of anilines is 1. The zero-order valence-corrected chi connectivity index (χ0v) is 16.8. The maximum Gasteiger partial charge on any atom is 0.291 e. The predicted octanol–water partition coefficient (Wildman–Crippen LogP) is 2.49. The summed E-state index contributed by atoms with van der Waals surface area (Å²) < 4.78 is 3.73. The predicted molar refractivity (Wildman–Crippen MR) is 114 cm³/mol. The lowest BCUT2D eigenvalue weighted by Crippen LogP contribution is -2.37. The molecule has 1 fully saturated rings. The number of hydrogen-bond acceptors (Lipinski definition) is 5. The van der Waals surface area contributed by atoms with E-state index in [4.69, 9.17) is 4.98 Å². The summed E-state index contributed by atoms with van der Waals surface area (Å²) in [7, 11) is 0. The van der Waals surface area contributed by atoms with Crippen LogP contribution < -0.4 is 10.2 Å². The number of carbonyl (C=O) groups is 1. The Labute approximate surface area is 174 Å². The Morgan fingerprint density at radius 3 is 2.90 bits per heavy atom. The molecule has 0 saturated carbocycles. The standard InChI is InChI=1S/C22H23N7O/c1-2-16-13-27-11-6-9-19(27)21(24-16)28-12-10-17(14-28)25-22(30)20-23-15-29(26-20)18-7-4-3-5-8-18/h3-9,11,13,15,17H,2,10,12,14H2,1H3,(H,25,30)/t17-/m0/s1. The fraction of sp³-hybridized carbons (Fsp3) is 0.273. The van der Waals surface area contributed by atoms with E-state index in [1.807, 2.05) is 42.6 Å². The third-order valence-corrected chi connectivity index (χ3v) is 5.45. The maximum absolute atomic E-state index is 12.7. The van der Waals surface area contributed by atoms with E-state index in [2.05, 4.69) is 43.9 Å². The Balaban J connectivity index is 1.29. The molecule has 4 heterocycles. The second kappa shape index (κ2) is 7.62. The van der Waals surface area contributed by atoms with Crippen LogP contribution in [0.3, 0.4) is 0 Å². The van der Waals surface area contributed by atoms with Crippen LogP contribution in [-0.2, 0) is 6.42 Å². The Morgan fingerprint density at radius 1 is 1.20 bits per heavy atom. The molecule has 0 aliphatic carbocycles. The molecular formula is C22H23N7O. The molecule has 1 atom stereocenters. The summed E-state index contributed by atoms with van der Waals surface area (Å²) in [6.45, 7) is 3.67. The summed E-state index contributed by atoms with van der Waals surface area (Å²) in [5.41, 5.74) is 3.01. The first kappa shape index (κ1) is 18.4. The molecule has 3 aromatic heterocycles. The van der Waals surface area contributed by atoms with Crippen LogP contribution in [0.4, 0.5) is 5.82 Å². The molecule has 30 heavy (non-hydrogen) atoms. The summed E-state index contributed by atoms with van der Waals surface area (Å²) in [4.78, 5) is 23.9. The number of aryl methyl sites for hydroxylation is 1. The molecule has 8 nitrogen and oxygen atoms in total. The zero-order valence-electron chi connectivity index (χ0n) is 16.8. The lowest BCUT2D eigenvalue weighted by Gasteiger charge is -2.20. The van der Waals surface area contributed by atoms with E-state index in [0.717, 1.165) is 42.1 Å². The largest absolute Gasteiger partial charge is 0.353 e. The van der Waals surface area contributed by atoms with Gasteiger partial charge in [0.2, 0.25) is 5.82 Å². The van der Waals surface area contributed by atoms with E-state index in [9.17, 15) is 4.79 Å². The topological polar surface area (TPSA) is 80.4 Å². The van der Waals surface area contributed by atoms with Gasteiger partial charge in [-0.05, 0) is 37.1 Å². The summed E-state index contributed by atoms with van der Waals surface area (Å²) in [6.07, 6.45) is 7.42. The van der Waals surface area contributed by atoms with Gasteiger partial charge in [0.05, 0.1) is 16.9 Å². The average molecular weight is 401 g/mol. The minimum atomic E-state index is -0.250. The molecule has 0 unspecified atom stereocenters. The second-order valence-corrected chi connectivity index (χ2v) is 7.46. The molecule has 1 amide bonds. The van der Waals surface area contributed by atoms with E-state index in [0.29, 0.717) is 6.54 Å². The molecule has 1 N–H and O–H groups in total. The molecule has 8 heteroatoms. The maximum atomic E-state index is 12.7. The number of benzene rings is 1. The van der Waals surface area contributed by atoms with Gasteiger partial charge in [0.15, 0.2) is 5.82 Å². The molecule has 0 radical (unpaired) electrons. The lowest BCUT2D eigenvalue weighted by atomic mass is 10.2. The Morgan fingerprint density at radius 2 is 2.07 bits per heavy atom. The van der Waals surface area contributed by atoms with E-state index >= 15 is 0 Å². The van der Waals surface area contributed by atoms with Crippen molar-refractivity contribution in [2.24, 2.45) is 0 Å². The van der Waals surface area contributed by atoms with Gasteiger partial charge in [0, 0.05) is 31.5 Å². The van der Waals surface area contributed by atoms with Crippen LogP contribution in [0, 0.1) is 0 Å². The SMILES string of the molecule is CCc1cn2cccc2c(N2CC[C@H](NC(=O)c3ncn(-c4ccccc4)n3)C2)n1. The fourth-order valence-electron chi connectivity index (χ4n) is 3.87. The number of amides is 1. The van der Waals surface area contributed by atoms with Gasteiger partial charge in [-0.3, -0.25) is 4.79 Å². The number of nitrogens with one attached hydrogen (secondary N) is 1. The molecule has 1 aliphatic rings. The van der Waals surface area contributed by atoms with Gasteiger partial charge < -0.3 is 14.6 Å². The van der Waals surface area contributed by atoms with Crippen molar-refractivity contribution in [3.05, 3.63) is 72.7 Å². The average Bonchev–Trinajstić information content (AvgIpc) is 3.53. The summed E-state index contributed by atoms with van der Waals surface area (Å²) in [6, 6.07) is 13.8. The molecular weight excluding hydrogens is 378 g/mol. The highest BCUT2D eigenvalue weighted by atomic mass is 16.2. The van der Waals surface area contributed by atoms with Crippen molar-refractivity contribution in [1.82, 2.24) is 29.5 Å². The Bertz CT molecular complexity index is 1180. The van der Waals surface area contributed by atoms with Crippen molar-refractivity contribution in [3.8, 4) is 5.69 Å². The van der Waals surface area contributed by atoms with Gasteiger partial charge in [-0.2, -0.15) is 0 Å². The lowest BCUT2D eigenvalue weighted by molar-refractivity contribution is 0.0930. The highest BCUT2D eigenvalue weighted by molar-refractivity contribution is 5.90. The first-order chi connectivity index (χ1) is 14.7. The van der Waals surface area contributed by atoms with Crippen molar-refractivity contribution in [2.75, 3.05) is 18.0 Å². The number of aromatic nitrogens is 5. The highest BCUT2D eigenvalue weighted by Gasteiger charge is 2.27. The molecule has 4 aromatic rings. The third kappa shape index (κ3) is 3.41. The number of hydrogen-bond donors (Lipinski definition) is 1. The fourth-order valence-corrected chi connectivity index (χ4v) is 3.87. The number of fused-ring (bicyclic) bond motifs is 1. The zero-order chi connectivity index (χ0) is 20.5. The summed E-state index contributed by atoms with van der Waals surface area (Å²) >= 11 is 0. The number of carbonyl (C=O) groups excluding carboxylic acids is 1. The summed E-state index contributed by atoms with van der Waals surface area (Å²) in [5, 5.41) is 7.40. The molecule has 0 spiro atoms. The summed E-state index contributed by atoms with van der Waals surface area (Å²) in [5.74, 6) is 0.902. The van der Waals surface area contributed by atoms with Crippen LogP contribution in [0.1, 0.15) is 29.7 Å². The second-order valence-electron chi connectivity index (χ2n) is 7.46. The van der Waals surface area contributed by atoms with E-state index in [-0.39, 0.29) is 17.8 Å². The van der Waals surface area contributed by atoms with Crippen LogP contribution in [0.2, 0.25) is 0 Å². The van der Waals surface area contributed by atoms with Gasteiger partial charge in [-0.1, -0.05) is 25.1 Å². The molecule has 152 valence electrons. The van der Waals surface area contributed by atoms with Gasteiger partial charge in [-0.15, -0.1) is 5.10 Å². The van der Waals surface area contributed by atoms with Crippen LogP contribution in [-0.4, -0.2) is 49.2 Å². The highest BCUT2D eigenvalue weighted by Crippen LogP contribution is 2.25.